The van der Waals surface area contributed by atoms with Crippen LogP contribution in [0.1, 0.15) is 17.5 Å². The van der Waals surface area contributed by atoms with Crippen molar-refractivity contribution in [1.82, 2.24) is 10.2 Å². The molecule has 160 valence electrons. The number of hydrogen-bond acceptors (Lipinski definition) is 7. The molecule has 0 aromatic heterocycles. The number of aromatic hydroxyl groups is 1. The summed E-state index contributed by atoms with van der Waals surface area (Å²) in [5.41, 5.74) is 1.83. The van der Waals surface area contributed by atoms with Crippen molar-refractivity contribution < 1.29 is 24.2 Å². The molecular formula is C22H20N2O5S2. The molecule has 2 heterocycles. The Bertz CT molecular complexity index is 1050. The van der Waals surface area contributed by atoms with Crippen LogP contribution in [0.15, 0.2) is 47.4 Å². The third-order valence-electron chi connectivity index (χ3n) is 4.80. The van der Waals surface area contributed by atoms with Gasteiger partial charge in [0.05, 0.1) is 4.91 Å². The lowest BCUT2D eigenvalue weighted by atomic mass is 10.1. The second kappa shape index (κ2) is 9.40. The molecule has 9 heteroatoms. The Balaban J connectivity index is 1.28. The number of thioether (sulfide) groups is 1. The number of nitrogens with zero attached hydrogens (tertiary/aromatic N) is 1. The molecule has 0 unspecified atom stereocenters. The molecule has 2 aromatic rings. The van der Waals surface area contributed by atoms with Crippen LogP contribution < -0.4 is 14.8 Å². The molecule has 2 aliphatic heterocycles. The molecular weight excluding hydrogens is 436 g/mol. The summed E-state index contributed by atoms with van der Waals surface area (Å²) in [6, 6.07) is 12.3. The Morgan fingerprint density at radius 2 is 1.97 bits per heavy atom. The summed E-state index contributed by atoms with van der Waals surface area (Å²) in [7, 11) is 0. The first-order chi connectivity index (χ1) is 15.0. The van der Waals surface area contributed by atoms with E-state index in [4.69, 9.17) is 21.7 Å². The standard InChI is InChI=1S/C22H20N2O5S2/c25-16-4-1-14(2-5-16)7-9-23-20(26)8-10-24-21(27)19(31-22(24)30)12-15-3-6-17-18(11-15)29-13-28-17/h1-6,11-12,25H,7-10,13H2,(H,23,26). The molecule has 31 heavy (non-hydrogen) atoms. The first-order valence-corrected chi connectivity index (χ1v) is 10.9. The number of nitrogens with one attached hydrogen (secondary N) is 1. The largest absolute Gasteiger partial charge is 0.508 e. The zero-order valence-corrected chi connectivity index (χ0v) is 18.1. The molecule has 0 saturated carbocycles. The summed E-state index contributed by atoms with van der Waals surface area (Å²) in [6.45, 7) is 0.901. The van der Waals surface area contributed by atoms with Gasteiger partial charge in [-0.1, -0.05) is 42.2 Å². The first kappa shape index (κ1) is 21.2. The number of hydrogen-bond donors (Lipinski definition) is 2. The number of carbonyl (C=O) groups is 2. The Kier molecular flexibility index (Phi) is 6.43. The van der Waals surface area contributed by atoms with Crippen LogP contribution in [0.2, 0.25) is 0 Å². The van der Waals surface area contributed by atoms with E-state index >= 15 is 0 Å². The van der Waals surface area contributed by atoms with E-state index < -0.39 is 0 Å². The van der Waals surface area contributed by atoms with Gasteiger partial charge in [0.1, 0.15) is 10.1 Å². The van der Waals surface area contributed by atoms with Gasteiger partial charge in [0, 0.05) is 19.5 Å². The van der Waals surface area contributed by atoms with Gasteiger partial charge in [-0.15, -0.1) is 0 Å². The lowest BCUT2D eigenvalue weighted by Gasteiger charge is -2.14. The van der Waals surface area contributed by atoms with Crippen LogP contribution in [0.25, 0.3) is 6.08 Å². The van der Waals surface area contributed by atoms with Gasteiger partial charge >= 0.3 is 0 Å². The van der Waals surface area contributed by atoms with E-state index in [-0.39, 0.29) is 37.3 Å². The molecule has 2 N–H and O–H groups in total. The molecule has 0 aliphatic carbocycles. The molecule has 0 radical (unpaired) electrons. The van der Waals surface area contributed by atoms with Crippen molar-refractivity contribution in [3.63, 3.8) is 0 Å². The van der Waals surface area contributed by atoms with Gasteiger partial charge in [0.15, 0.2) is 11.5 Å². The van der Waals surface area contributed by atoms with Crippen molar-refractivity contribution in [2.24, 2.45) is 0 Å². The van der Waals surface area contributed by atoms with E-state index in [9.17, 15) is 14.7 Å². The van der Waals surface area contributed by atoms with Crippen molar-refractivity contribution >= 4 is 46.2 Å². The van der Waals surface area contributed by atoms with Crippen LogP contribution in [-0.2, 0) is 16.0 Å². The first-order valence-electron chi connectivity index (χ1n) is 9.69. The average Bonchev–Trinajstić information content (AvgIpc) is 3.32. The number of phenols is 1. The van der Waals surface area contributed by atoms with Crippen LogP contribution in [0, 0.1) is 0 Å². The number of benzene rings is 2. The molecule has 0 bridgehead atoms. The van der Waals surface area contributed by atoms with Gasteiger partial charge in [-0.3, -0.25) is 14.5 Å². The van der Waals surface area contributed by atoms with Gasteiger partial charge in [-0.2, -0.15) is 0 Å². The van der Waals surface area contributed by atoms with E-state index in [1.807, 2.05) is 24.3 Å². The van der Waals surface area contributed by atoms with Crippen molar-refractivity contribution in [2.75, 3.05) is 19.9 Å². The van der Waals surface area contributed by atoms with E-state index in [1.54, 1.807) is 24.3 Å². The Morgan fingerprint density at radius 3 is 2.77 bits per heavy atom. The average molecular weight is 457 g/mol. The predicted octanol–water partition coefficient (Wildman–Crippen LogP) is 3.07. The highest BCUT2D eigenvalue weighted by atomic mass is 32.2. The predicted molar refractivity (Wildman–Crippen MR) is 122 cm³/mol. The van der Waals surface area contributed by atoms with Gasteiger partial charge in [-0.05, 0) is 47.9 Å². The fraction of sp³-hybridized carbons (Fsp3) is 0.227. The monoisotopic (exact) mass is 456 g/mol. The van der Waals surface area contributed by atoms with E-state index in [0.717, 1.165) is 11.1 Å². The third kappa shape index (κ3) is 5.18. The van der Waals surface area contributed by atoms with Crippen LogP contribution in [0.5, 0.6) is 17.2 Å². The molecule has 1 fully saturated rings. The van der Waals surface area contributed by atoms with E-state index in [2.05, 4.69) is 5.32 Å². The summed E-state index contributed by atoms with van der Waals surface area (Å²) in [5, 5.41) is 12.1. The molecule has 1 saturated heterocycles. The summed E-state index contributed by atoms with van der Waals surface area (Å²) >= 11 is 6.56. The Morgan fingerprint density at radius 1 is 1.19 bits per heavy atom. The number of ether oxygens (including phenoxy) is 2. The summed E-state index contributed by atoms with van der Waals surface area (Å²) in [5.74, 6) is 1.19. The second-order valence-electron chi connectivity index (χ2n) is 6.96. The van der Waals surface area contributed by atoms with E-state index in [0.29, 0.717) is 33.7 Å². The second-order valence-corrected chi connectivity index (χ2v) is 8.64. The fourth-order valence-corrected chi connectivity index (χ4v) is 4.47. The summed E-state index contributed by atoms with van der Waals surface area (Å²) < 4.78 is 11.1. The lowest BCUT2D eigenvalue weighted by molar-refractivity contribution is -0.123. The minimum atomic E-state index is -0.204. The van der Waals surface area contributed by atoms with Crippen LogP contribution in [0.3, 0.4) is 0 Å². The van der Waals surface area contributed by atoms with Crippen molar-refractivity contribution in [3.8, 4) is 17.2 Å². The molecule has 0 spiro atoms. The fourth-order valence-electron chi connectivity index (χ4n) is 3.16. The highest BCUT2D eigenvalue weighted by molar-refractivity contribution is 8.26. The Labute approximate surface area is 189 Å². The Hall–Kier alpha value is -3.04. The van der Waals surface area contributed by atoms with Crippen molar-refractivity contribution in [3.05, 3.63) is 58.5 Å². The minimum Gasteiger partial charge on any atom is -0.508 e. The minimum absolute atomic E-state index is 0.146. The maximum absolute atomic E-state index is 12.7. The number of amides is 2. The third-order valence-corrected chi connectivity index (χ3v) is 6.18. The number of fused-ring (bicyclic) bond motifs is 1. The smallest absolute Gasteiger partial charge is 0.266 e. The maximum Gasteiger partial charge on any atom is 0.266 e. The zero-order valence-electron chi connectivity index (χ0n) is 16.5. The SMILES string of the molecule is O=C(CCN1C(=O)C(=Cc2ccc3c(c2)OCO3)SC1=S)NCCc1ccc(O)cc1. The van der Waals surface area contributed by atoms with Crippen molar-refractivity contribution in [1.29, 1.82) is 0 Å². The van der Waals surface area contributed by atoms with Gasteiger partial charge in [-0.25, -0.2) is 0 Å². The summed E-state index contributed by atoms with van der Waals surface area (Å²) in [4.78, 5) is 26.9. The quantitative estimate of drug-likeness (QED) is 0.489. The highest BCUT2D eigenvalue weighted by Gasteiger charge is 2.32. The normalized spacial score (nSPS) is 16.3. The number of rotatable bonds is 7. The maximum atomic E-state index is 12.7. The van der Waals surface area contributed by atoms with Crippen LogP contribution in [-0.4, -0.2) is 46.0 Å². The highest BCUT2D eigenvalue weighted by Crippen LogP contribution is 2.36. The van der Waals surface area contributed by atoms with Gasteiger partial charge < -0.3 is 19.9 Å². The van der Waals surface area contributed by atoms with Gasteiger partial charge in [0.25, 0.3) is 5.91 Å². The summed E-state index contributed by atoms with van der Waals surface area (Å²) in [6.07, 6.45) is 2.59. The number of phenolic OH excluding ortho intramolecular Hbond substituents is 1. The topological polar surface area (TPSA) is 88.1 Å². The van der Waals surface area contributed by atoms with E-state index in [1.165, 1.54) is 16.7 Å². The molecule has 2 amide bonds. The zero-order chi connectivity index (χ0) is 21.8. The number of carbonyl (C=O) groups excluding carboxylic acids is 2. The molecule has 4 rings (SSSR count). The van der Waals surface area contributed by atoms with Crippen molar-refractivity contribution in [2.45, 2.75) is 12.8 Å². The molecule has 2 aliphatic rings. The molecule has 0 atom stereocenters. The van der Waals surface area contributed by atoms with Crippen LogP contribution in [0.4, 0.5) is 0 Å². The number of thiocarbonyl (C=S) groups is 1. The van der Waals surface area contributed by atoms with Crippen LogP contribution >= 0.6 is 24.0 Å². The lowest BCUT2D eigenvalue weighted by Crippen LogP contribution is -2.34. The molecule has 7 nitrogen and oxygen atoms in total. The van der Waals surface area contributed by atoms with Gasteiger partial charge in [0.2, 0.25) is 12.7 Å². The molecule has 2 aromatic carbocycles.